The summed E-state index contributed by atoms with van der Waals surface area (Å²) in [6.45, 7) is 8.72. The molecule has 164 valence electrons. The van der Waals surface area contributed by atoms with Crippen LogP contribution in [0.3, 0.4) is 0 Å². The lowest BCUT2D eigenvalue weighted by atomic mass is 9.95. The molecule has 8 nitrogen and oxygen atoms in total. The van der Waals surface area contributed by atoms with E-state index in [1.165, 1.54) is 6.92 Å². The summed E-state index contributed by atoms with van der Waals surface area (Å²) in [6.07, 6.45) is 0. The van der Waals surface area contributed by atoms with E-state index >= 15 is 0 Å². The van der Waals surface area contributed by atoms with Gasteiger partial charge in [-0.15, -0.1) is 0 Å². The van der Waals surface area contributed by atoms with Crippen LogP contribution < -0.4 is 16.4 Å². The molecule has 5 N–H and O–H groups in total. The fraction of sp³-hybridized carbons (Fsp3) is 0.429. The molecule has 9 heteroatoms. The van der Waals surface area contributed by atoms with Gasteiger partial charge in [0, 0.05) is 29.8 Å². The van der Waals surface area contributed by atoms with Crippen LogP contribution in [0.5, 0.6) is 0 Å². The van der Waals surface area contributed by atoms with Crippen molar-refractivity contribution in [1.29, 1.82) is 5.41 Å². The van der Waals surface area contributed by atoms with Gasteiger partial charge in [0.15, 0.2) is 6.61 Å². The summed E-state index contributed by atoms with van der Waals surface area (Å²) in [6, 6.07) is 4.79. The zero-order valence-corrected chi connectivity index (χ0v) is 18.7. The van der Waals surface area contributed by atoms with Crippen LogP contribution in [0.4, 0.5) is 0 Å². The molecule has 0 heterocycles. The van der Waals surface area contributed by atoms with Crippen molar-refractivity contribution in [1.82, 2.24) is 10.6 Å². The average molecular weight is 437 g/mol. The number of ketones is 1. The first-order chi connectivity index (χ1) is 13.9. The highest BCUT2D eigenvalue weighted by Crippen LogP contribution is 2.19. The third kappa shape index (κ3) is 7.18. The molecule has 0 bridgehead atoms. The van der Waals surface area contributed by atoms with Gasteiger partial charge in [-0.3, -0.25) is 9.59 Å². The molecule has 30 heavy (non-hydrogen) atoms. The topological polar surface area (TPSA) is 134 Å². The van der Waals surface area contributed by atoms with Gasteiger partial charge in [-0.1, -0.05) is 38.4 Å². The third-order valence-corrected chi connectivity index (χ3v) is 4.35. The summed E-state index contributed by atoms with van der Waals surface area (Å²) >= 11 is 6.12. The predicted octanol–water partition coefficient (Wildman–Crippen LogP) is 2.55. The van der Waals surface area contributed by atoms with Crippen molar-refractivity contribution in [2.45, 2.75) is 41.2 Å². The molecule has 0 aliphatic heterocycles. The second-order valence-electron chi connectivity index (χ2n) is 7.69. The van der Waals surface area contributed by atoms with Crippen molar-refractivity contribution in [3.63, 3.8) is 0 Å². The number of rotatable bonds is 9. The summed E-state index contributed by atoms with van der Waals surface area (Å²) in [7, 11) is 0. The zero-order chi connectivity index (χ0) is 23.1. The first-order valence-corrected chi connectivity index (χ1v) is 9.82. The molecule has 1 aromatic rings. The number of carbonyl (C=O) groups is 3. The van der Waals surface area contributed by atoms with Crippen molar-refractivity contribution in [2.75, 3.05) is 13.2 Å². The SMILES string of the molecule is CCN/C(N)=C(\C(C)=N)C(=O)OCC(=O)c1cc(CNC(=O)C(C)(C)C)ccc1Cl. The average Bonchev–Trinajstić information content (AvgIpc) is 2.64. The lowest BCUT2D eigenvalue weighted by molar-refractivity contribution is -0.137. The van der Waals surface area contributed by atoms with Gasteiger partial charge in [-0.05, 0) is 31.5 Å². The fourth-order valence-corrected chi connectivity index (χ4v) is 2.59. The molecule has 1 rings (SSSR count). The molecular weight excluding hydrogens is 408 g/mol. The standard InChI is InChI=1S/C21H29ClN4O4/c1-6-25-18(24)17(12(2)23)19(28)30-11-16(27)14-9-13(7-8-15(14)22)10-26-20(29)21(3,4)5/h7-9,23,25H,6,10-11,24H2,1-5H3,(H,26,29)/b18-17+,23-12?. The van der Waals surface area contributed by atoms with Gasteiger partial charge >= 0.3 is 5.97 Å². The summed E-state index contributed by atoms with van der Waals surface area (Å²) < 4.78 is 5.05. The monoisotopic (exact) mass is 436 g/mol. The van der Waals surface area contributed by atoms with Gasteiger partial charge in [0.05, 0.1) is 5.02 Å². The number of Topliss-reactive ketones (excluding diaryl/α,β-unsaturated/α-hetero) is 1. The van der Waals surface area contributed by atoms with E-state index in [4.69, 9.17) is 27.5 Å². The molecule has 0 aromatic heterocycles. The van der Waals surface area contributed by atoms with Crippen LogP contribution in [0.25, 0.3) is 0 Å². The minimum absolute atomic E-state index is 0.0112. The molecule has 0 spiro atoms. The summed E-state index contributed by atoms with van der Waals surface area (Å²) in [5.74, 6) is -1.50. The molecule has 0 saturated heterocycles. The normalized spacial score (nSPS) is 11.9. The minimum atomic E-state index is -0.876. The minimum Gasteiger partial charge on any atom is -0.454 e. The van der Waals surface area contributed by atoms with Crippen LogP contribution in [0.15, 0.2) is 29.6 Å². The van der Waals surface area contributed by atoms with Gasteiger partial charge in [0.2, 0.25) is 11.7 Å². The molecule has 0 radical (unpaired) electrons. The highest BCUT2D eigenvalue weighted by Gasteiger charge is 2.22. The van der Waals surface area contributed by atoms with Crippen molar-refractivity contribution in [3.8, 4) is 0 Å². The quantitative estimate of drug-likeness (QED) is 0.203. The molecule has 0 unspecified atom stereocenters. The molecule has 0 fully saturated rings. The van der Waals surface area contributed by atoms with Gasteiger partial charge in [-0.2, -0.15) is 0 Å². The predicted molar refractivity (Wildman–Crippen MR) is 116 cm³/mol. The molecule has 0 atom stereocenters. The van der Waals surface area contributed by atoms with E-state index < -0.39 is 23.8 Å². The Balaban J connectivity index is 2.89. The van der Waals surface area contributed by atoms with Crippen molar-refractivity contribution in [2.24, 2.45) is 11.1 Å². The maximum absolute atomic E-state index is 12.5. The van der Waals surface area contributed by atoms with E-state index in [1.54, 1.807) is 45.9 Å². The lowest BCUT2D eigenvalue weighted by Gasteiger charge is -2.18. The summed E-state index contributed by atoms with van der Waals surface area (Å²) in [4.78, 5) is 36.9. The maximum atomic E-state index is 12.5. The maximum Gasteiger partial charge on any atom is 0.344 e. The Morgan fingerprint density at radius 1 is 1.20 bits per heavy atom. The Kier molecular flexibility index (Phi) is 9.04. The Morgan fingerprint density at radius 2 is 1.83 bits per heavy atom. The van der Waals surface area contributed by atoms with E-state index in [-0.39, 0.29) is 40.1 Å². The molecular formula is C21H29ClN4O4. The van der Waals surface area contributed by atoms with E-state index in [1.807, 2.05) is 0 Å². The van der Waals surface area contributed by atoms with Crippen LogP contribution in [-0.4, -0.2) is 36.5 Å². The van der Waals surface area contributed by atoms with Crippen LogP contribution in [0, 0.1) is 10.8 Å². The zero-order valence-electron chi connectivity index (χ0n) is 17.9. The molecule has 1 aromatic carbocycles. The summed E-state index contributed by atoms with van der Waals surface area (Å²) in [5.41, 5.74) is 5.87. The first-order valence-electron chi connectivity index (χ1n) is 9.44. The molecule has 0 saturated carbocycles. The van der Waals surface area contributed by atoms with Gasteiger partial charge in [0.1, 0.15) is 11.4 Å². The largest absolute Gasteiger partial charge is 0.454 e. The molecule has 1 amide bonds. The number of amides is 1. The van der Waals surface area contributed by atoms with E-state index in [0.717, 1.165) is 0 Å². The Bertz CT molecular complexity index is 872. The number of halogens is 1. The number of benzene rings is 1. The van der Waals surface area contributed by atoms with E-state index in [2.05, 4.69) is 10.6 Å². The number of nitrogens with two attached hydrogens (primary N) is 1. The van der Waals surface area contributed by atoms with Gasteiger partial charge in [-0.25, -0.2) is 4.79 Å². The summed E-state index contributed by atoms with van der Waals surface area (Å²) in [5, 5.41) is 13.5. The number of nitrogens with one attached hydrogen (secondary N) is 3. The fourth-order valence-electron chi connectivity index (χ4n) is 2.37. The van der Waals surface area contributed by atoms with Crippen LogP contribution in [-0.2, 0) is 20.9 Å². The highest BCUT2D eigenvalue weighted by atomic mass is 35.5. The van der Waals surface area contributed by atoms with Gasteiger partial charge in [0.25, 0.3) is 0 Å². The number of carbonyl (C=O) groups excluding carboxylic acids is 3. The van der Waals surface area contributed by atoms with Crippen LogP contribution in [0.1, 0.15) is 50.5 Å². The Morgan fingerprint density at radius 3 is 2.37 bits per heavy atom. The van der Waals surface area contributed by atoms with E-state index in [0.29, 0.717) is 12.1 Å². The van der Waals surface area contributed by atoms with E-state index in [9.17, 15) is 14.4 Å². The Labute approximate surface area is 181 Å². The van der Waals surface area contributed by atoms with Crippen molar-refractivity contribution >= 4 is 35.0 Å². The molecule has 0 aliphatic carbocycles. The van der Waals surface area contributed by atoms with Crippen molar-refractivity contribution in [3.05, 3.63) is 45.7 Å². The smallest absolute Gasteiger partial charge is 0.344 e. The number of ether oxygens (including phenoxy) is 1. The Hall–Kier alpha value is -2.87. The molecule has 0 aliphatic rings. The van der Waals surface area contributed by atoms with Crippen molar-refractivity contribution < 1.29 is 19.1 Å². The third-order valence-electron chi connectivity index (χ3n) is 4.02. The second kappa shape index (κ2) is 10.8. The first kappa shape index (κ1) is 25.2. The number of hydrogen-bond donors (Lipinski definition) is 4. The number of esters is 1. The van der Waals surface area contributed by atoms with Gasteiger partial charge < -0.3 is 26.5 Å². The van der Waals surface area contributed by atoms with Crippen LogP contribution in [0.2, 0.25) is 5.02 Å². The second-order valence-corrected chi connectivity index (χ2v) is 8.10. The number of hydrogen-bond acceptors (Lipinski definition) is 7. The lowest BCUT2D eigenvalue weighted by Crippen LogP contribution is -2.34. The highest BCUT2D eigenvalue weighted by molar-refractivity contribution is 6.34. The van der Waals surface area contributed by atoms with Crippen LogP contribution >= 0.6 is 11.6 Å².